The van der Waals surface area contributed by atoms with Gasteiger partial charge in [0.25, 0.3) is 0 Å². The number of hydrogen-bond donors (Lipinski definition) is 2. The summed E-state index contributed by atoms with van der Waals surface area (Å²) in [5, 5.41) is 3.07. The molecule has 1 atom stereocenters. The predicted octanol–water partition coefficient (Wildman–Crippen LogP) is 2.02. The molecule has 3 nitrogen and oxygen atoms in total. The molecule has 0 spiro atoms. The van der Waals surface area contributed by atoms with E-state index in [0.717, 1.165) is 6.54 Å². The van der Waals surface area contributed by atoms with Crippen LogP contribution in [0.5, 0.6) is 0 Å². The van der Waals surface area contributed by atoms with Gasteiger partial charge in [0.05, 0.1) is 5.92 Å². The lowest BCUT2D eigenvalue weighted by molar-refractivity contribution is -0.126. The van der Waals surface area contributed by atoms with Crippen LogP contribution in [0.1, 0.15) is 41.5 Å². The third-order valence-corrected chi connectivity index (χ3v) is 5.20. The average Bonchev–Trinajstić information content (AvgIpc) is 2.55. The number of nitrogens with two attached hydrogens (primary N) is 1. The van der Waals surface area contributed by atoms with Crippen molar-refractivity contribution in [2.75, 3.05) is 13.1 Å². The van der Waals surface area contributed by atoms with Crippen LogP contribution in [0.3, 0.4) is 0 Å². The quantitative estimate of drug-likeness (QED) is 0.772. The van der Waals surface area contributed by atoms with Crippen LogP contribution in [-0.4, -0.2) is 19.0 Å². The summed E-state index contributed by atoms with van der Waals surface area (Å²) < 4.78 is 0. The van der Waals surface area contributed by atoms with Gasteiger partial charge < -0.3 is 11.1 Å². The average molecular weight is 240 g/mol. The van der Waals surface area contributed by atoms with E-state index in [4.69, 9.17) is 5.73 Å². The Kier molecular flexibility index (Phi) is 3.92. The molecule has 0 radical (unpaired) electrons. The molecule has 100 valence electrons. The minimum Gasteiger partial charge on any atom is -0.355 e. The van der Waals surface area contributed by atoms with Crippen molar-refractivity contribution >= 4 is 5.91 Å². The number of amides is 1. The molecule has 0 aromatic heterocycles. The Bertz CT molecular complexity index is 281. The Hall–Kier alpha value is -0.570. The number of carbonyl (C=O) groups excluding carboxylic acids is 1. The van der Waals surface area contributed by atoms with Gasteiger partial charge in [0, 0.05) is 13.1 Å². The zero-order chi connectivity index (χ0) is 13.4. The number of hydrogen-bond acceptors (Lipinski definition) is 2. The van der Waals surface area contributed by atoms with Gasteiger partial charge in [-0.1, -0.05) is 41.5 Å². The van der Waals surface area contributed by atoms with Gasteiger partial charge >= 0.3 is 0 Å². The Balaban J connectivity index is 2.45. The molecule has 0 saturated heterocycles. The van der Waals surface area contributed by atoms with Crippen molar-refractivity contribution in [2.45, 2.75) is 41.5 Å². The molecule has 1 aliphatic rings. The third kappa shape index (κ3) is 2.49. The fourth-order valence-corrected chi connectivity index (χ4v) is 2.86. The zero-order valence-corrected chi connectivity index (χ0v) is 12.1. The SMILES string of the molecule is CC(C)C(CN)C(=O)NCC1C(C)(C)C1(C)C. The fourth-order valence-electron chi connectivity index (χ4n) is 2.86. The summed E-state index contributed by atoms with van der Waals surface area (Å²) in [5.74, 6) is 0.936. The smallest absolute Gasteiger partial charge is 0.224 e. The largest absolute Gasteiger partial charge is 0.355 e. The molecule has 0 aromatic carbocycles. The minimum atomic E-state index is -0.0556. The summed E-state index contributed by atoms with van der Waals surface area (Å²) in [7, 11) is 0. The topological polar surface area (TPSA) is 55.1 Å². The van der Waals surface area contributed by atoms with Gasteiger partial charge in [0.15, 0.2) is 0 Å². The van der Waals surface area contributed by atoms with Gasteiger partial charge in [0.1, 0.15) is 0 Å². The molecule has 0 heterocycles. The molecule has 3 N–H and O–H groups in total. The van der Waals surface area contributed by atoms with Crippen molar-refractivity contribution in [2.24, 2.45) is 34.3 Å². The molecule has 1 unspecified atom stereocenters. The van der Waals surface area contributed by atoms with E-state index in [2.05, 4.69) is 33.0 Å². The van der Waals surface area contributed by atoms with Crippen molar-refractivity contribution < 1.29 is 4.79 Å². The van der Waals surface area contributed by atoms with Crippen molar-refractivity contribution in [1.29, 1.82) is 0 Å². The number of rotatable bonds is 5. The summed E-state index contributed by atoms with van der Waals surface area (Å²) in [4.78, 5) is 12.0. The van der Waals surface area contributed by atoms with Crippen LogP contribution in [0.15, 0.2) is 0 Å². The van der Waals surface area contributed by atoms with Gasteiger partial charge in [-0.15, -0.1) is 0 Å². The molecule has 17 heavy (non-hydrogen) atoms. The van der Waals surface area contributed by atoms with E-state index in [1.165, 1.54) is 0 Å². The third-order valence-electron chi connectivity index (χ3n) is 5.20. The molecule has 1 fully saturated rings. The van der Waals surface area contributed by atoms with Crippen LogP contribution in [-0.2, 0) is 4.79 Å². The maximum Gasteiger partial charge on any atom is 0.224 e. The molecule has 0 bridgehead atoms. The van der Waals surface area contributed by atoms with E-state index < -0.39 is 0 Å². The highest BCUT2D eigenvalue weighted by atomic mass is 16.1. The Labute approximate surface area is 106 Å². The normalized spacial score (nSPS) is 23.5. The molecule has 0 aromatic rings. The van der Waals surface area contributed by atoms with E-state index in [-0.39, 0.29) is 11.8 Å². The first-order valence-electron chi connectivity index (χ1n) is 6.64. The fraction of sp³-hybridized carbons (Fsp3) is 0.929. The maximum atomic E-state index is 12.0. The van der Waals surface area contributed by atoms with E-state index in [0.29, 0.717) is 29.2 Å². The van der Waals surface area contributed by atoms with Crippen LogP contribution >= 0.6 is 0 Å². The Morgan fingerprint density at radius 1 is 1.24 bits per heavy atom. The Morgan fingerprint density at radius 3 is 2.00 bits per heavy atom. The predicted molar refractivity (Wildman–Crippen MR) is 71.4 cm³/mol. The van der Waals surface area contributed by atoms with Crippen LogP contribution in [0.25, 0.3) is 0 Å². The number of carbonyl (C=O) groups is 1. The highest BCUT2D eigenvalue weighted by molar-refractivity contribution is 5.79. The lowest BCUT2D eigenvalue weighted by Crippen LogP contribution is -2.39. The van der Waals surface area contributed by atoms with Crippen LogP contribution in [0, 0.1) is 28.6 Å². The van der Waals surface area contributed by atoms with Gasteiger partial charge in [-0.25, -0.2) is 0 Å². The van der Waals surface area contributed by atoms with E-state index in [1.54, 1.807) is 0 Å². The summed E-state index contributed by atoms with van der Waals surface area (Å²) in [5.41, 5.74) is 6.30. The lowest BCUT2D eigenvalue weighted by atomic mass is 9.95. The highest BCUT2D eigenvalue weighted by Crippen LogP contribution is 2.67. The van der Waals surface area contributed by atoms with Crippen LogP contribution in [0.2, 0.25) is 0 Å². The first-order valence-corrected chi connectivity index (χ1v) is 6.64. The zero-order valence-electron chi connectivity index (χ0n) is 12.1. The molecule has 1 aliphatic carbocycles. The summed E-state index contributed by atoms with van der Waals surface area (Å²) in [6.07, 6.45) is 0. The molecule has 3 heteroatoms. The summed E-state index contributed by atoms with van der Waals surface area (Å²) in [6, 6.07) is 0. The highest BCUT2D eigenvalue weighted by Gasteiger charge is 2.64. The minimum absolute atomic E-state index is 0.0556. The standard InChI is InChI=1S/C14H28N2O/c1-9(2)10(7-15)12(17)16-8-11-13(3,4)14(11,5)6/h9-11H,7-8,15H2,1-6H3,(H,16,17). The van der Waals surface area contributed by atoms with E-state index in [9.17, 15) is 4.79 Å². The lowest BCUT2D eigenvalue weighted by Gasteiger charge is -2.18. The van der Waals surface area contributed by atoms with Crippen molar-refractivity contribution in [3.63, 3.8) is 0 Å². The van der Waals surface area contributed by atoms with Crippen LogP contribution < -0.4 is 11.1 Å². The second kappa shape index (κ2) is 4.60. The molecular formula is C14H28N2O. The first-order chi connectivity index (χ1) is 7.66. The second-order valence-corrected chi connectivity index (χ2v) is 6.83. The van der Waals surface area contributed by atoms with Crippen LogP contribution in [0.4, 0.5) is 0 Å². The molecular weight excluding hydrogens is 212 g/mol. The van der Waals surface area contributed by atoms with Gasteiger partial charge in [0.2, 0.25) is 5.91 Å². The van der Waals surface area contributed by atoms with E-state index >= 15 is 0 Å². The number of nitrogens with one attached hydrogen (secondary N) is 1. The maximum absolute atomic E-state index is 12.0. The van der Waals surface area contributed by atoms with Crippen molar-refractivity contribution in [3.8, 4) is 0 Å². The molecule has 1 amide bonds. The van der Waals surface area contributed by atoms with E-state index in [1.807, 2.05) is 13.8 Å². The summed E-state index contributed by atoms with van der Waals surface area (Å²) in [6.45, 7) is 14.4. The van der Waals surface area contributed by atoms with Crippen molar-refractivity contribution in [3.05, 3.63) is 0 Å². The second-order valence-electron chi connectivity index (χ2n) is 6.83. The van der Waals surface area contributed by atoms with Gasteiger partial charge in [-0.3, -0.25) is 4.79 Å². The summed E-state index contributed by atoms with van der Waals surface area (Å²) >= 11 is 0. The Morgan fingerprint density at radius 2 is 1.71 bits per heavy atom. The van der Waals surface area contributed by atoms with Gasteiger partial charge in [-0.05, 0) is 22.7 Å². The molecule has 1 rings (SSSR count). The van der Waals surface area contributed by atoms with Crippen molar-refractivity contribution in [1.82, 2.24) is 5.32 Å². The molecule has 1 saturated carbocycles. The molecule has 0 aliphatic heterocycles. The first kappa shape index (κ1) is 14.5. The monoisotopic (exact) mass is 240 g/mol. The van der Waals surface area contributed by atoms with Gasteiger partial charge in [-0.2, -0.15) is 0 Å².